The third kappa shape index (κ3) is 6.11. The maximum absolute atomic E-state index is 8.92. The third-order valence-corrected chi connectivity index (χ3v) is 7.31. The molecule has 4 aromatic carbocycles. The lowest BCUT2D eigenvalue weighted by atomic mass is 10.0. The molecule has 0 aliphatic carbocycles. The van der Waals surface area contributed by atoms with Crippen LogP contribution >= 0.6 is 0 Å². The second-order valence-corrected chi connectivity index (χ2v) is 10.2. The van der Waals surface area contributed by atoms with Gasteiger partial charge in [0.05, 0.1) is 5.56 Å². The Labute approximate surface area is 259 Å². The molecule has 2 aromatic heterocycles. The van der Waals surface area contributed by atoms with Crippen LogP contribution in [0.3, 0.4) is 0 Å². The van der Waals surface area contributed by atoms with Crippen molar-refractivity contribution >= 4 is 62.7 Å². The van der Waals surface area contributed by atoms with Crippen LogP contribution < -0.4 is 22.5 Å². The second kappa shape index (κ2) is 12.3. The van der Waals surface area contributed by atoms with Crippen LogP contribution in [-0.4, -0.2) is 26.8 Å². The van der Waals surface area contributed by atoms with E-state index in [1.807, 2.05) is 85.1 Å². The first-order valence-electron chi connectivity index (χ1n) is 13.9. The van der Waals surface area contributed by atoms with Gasteiger partial charge in [0.1, 0.15) is 17.5 Å². The maximum Gasteiger partial charge on any atom is 0.170 e. The van der Waals surface area contributed by atoms with Crippen LogP contribution in [0.15, 0.2) is 109 Å². The molecule has 6 rings (SSSR count). The molecule has 0 saturated heterocycles. The van der Waals surface area contributed by atoms with Gasteiger partial charge in [0, 0.05) is 56.5 Å². The van der Waals surface area contributed by atoms with Crippen molar-refractivity contribution in [2.75, 3.05) is 11.1 Å². The highest BCUT2D eigenvalue weighted by atomic mass is 16.4. The number of nitrogen functional groups attached to an aromatic ring is 2. The van der Waals surface area contributed by atoms with Crippen molar-refractivity contribution in [2.45, 2.75) is 0 Å². The monoisotopic (exact) mass is 588 g/mol. The number of nitrogens with zero attached hydrogens (tertiary/aromatic N) is 3. The Kier molecular flexibility index (Phi) is 7.77. The molecular weight excluding hydrogens is 560 g/mol. The van der Waals surface area contributed by atoms with E-state index in [2.05, 4.69) is 27.3 Å². The number of hydrogen-bond acceptors (Lipinski definition) is 7. The van der Waals surface area contributed by atoms with E-state index in [4.69, 9.17) is 32.8 Å². The molecule has 218 valence electrons. The number of oxime groups is 1. The topological polar surface area (TPSA) is 172 Å². The lowest BCUT2D eigenvalue weighted by Crippen LogP contribution is -2.12. The average Bonchev–Trinajstić information content (AvgIpc) is 3.07. The lowest BCUT2D eigenvalue weighted by Gasteiger charge is -2.12. The molecule has 0 spiro atoms. The first-order chi connectivity index (χ1) is 21.9. The van der Waals surface area contributed by atoms with E-state index in [1.54, 1.807) is 30.5 Å². The van der Waals surface area contributed by atoms with Crippen LogP contribution in [-0.2, 0) is 0 Å². The second-order valence-electron chi connectivity index (χ2n) is 10.2. The molecule has 9 heteroatoms. The number of pyridine rings is 2. The van der Waals surface area contributed by atoms with Gasteiger partial charge in [-0.05, 0) is 35.2 Å². The number of aromatic nitrogens is 2. The van der Waals surface area contributed by atoms with Crippen molar-refractivity contribution in [3.8, 4) is 11.8 Å². The van der Waals surface area contributed by atoms with Crippen LogP contribution in [0.25, 0.3) is 33.7 Å². The molecule has 45 heavy (non-hydrogen) atoms. The smallest absolute Gasteiger partial charge is 0.170 e. The van der Waals surface area contributed by atoms with Gasteiger partial charge in [-0.25, -0.2) is 9.97 Å². The van der Waals surface area contributed by atoms with Gasteiger partial charge in [-0.2, -0.15) is 0 Å². The molecule has 0 bridgehead atoms. The van der Waals surface area contributed by atoms with Gasteiger partial charge in [-0.3, -0.25) is 5.41 Å². The fraction of sp³-hybridized carbons (Fsp3) is 0. The molecule has 0 amide bonds. The average molecular weight is 589 g/mol. The van der Waals surface area contributed by atoms with Crippen LogP contribution in [0.1, 0.15) is 33.4 Å². The number of amidine groups is 2. The summed E-state index contributed by atoms with van der Waals surface area (Å²) >= 11 is 0. The van der Waals surface area contributed by atoms with Gasteiger partial charge < -0.3 is 27.7 Å². The van der Waals surface area contributed by atoms with E-state index in [0.717, 1.165) is 49.5 Å². The number of benzene rings is 4. The molecule has 0 aliphatic rings. The van der Waals surface area contributed by atoms with E-state index in [-0.39, 0.29) is 11.7 Å². The van der Waals surface area contributed by atoms with Crippen molar-refractivity contribution in [3.63, 3.8) is 0 Å². The zero-order chi connectivity index (χ0) is 31.3. The summed E-state index contributed by atoms with van der Waals surface area (Å²) in [7, 11) is 0. The maximum atomic E-state index is 8.92. The highest BCUT2D eigenvalue weighted by Gasteiger charge is 2.11. The molecule has 0 radical (unpaired) electrons. The Bertz CT molecular complexity index is 2190. The summed E-state index contributed by atoms with van der Waals surface area (Å²) in [6.45, 7) is 0. The summed E-state index contributed by atoms with van der Waals surface area (Å²) in [5.74, 6) is 7.63. The number of rotatable bonds is 6. The fourth-order valence-electron chi connectivity index (χ4n) is 4.89. The number of nitrogens with two attached hydrogens (primary N) is 3. The zero-order valence-electron chi connectivity index (χ0n) is 24.0. The van der Waals surface area contributed by atoms with Gasteiger partial charge in [0.25, 0.3) is 0 Å². The van der Waals surface area contributed by atoms with E-state index >= 15 is 0 Å². The molecule has 6 aromatic rings. The molecule has 0 unspecified atom stereocenters. The van der Waals surface area contributed by atoms with Gasteiger partial charge in [-0.15, -0.1) is 0 Å². The Morgan fingerprint density at radius 2 is 1.51 bits per heavy atom. The minimum absolute atomic E-state index is 0.0137. The van der Waals surface area contributed by atoms with Crippen molar-refractivity contribution in [1.82, 2.24) is 9.97 Å². The number of fused-ring (bicyclic) bond motifs is 2. The summed E-state index contributed by atoms with van der Waals surface area (Å²) in [6.07, 6.45) is 7.44. The summed E-state index contributed by atoms with van der Waals surface area (Å²) < 4.78 is 0. The number of nitrogens with one attached hydrogen (secondary N) is 2. The van der Waals surface area contributed by atoms with E-state index < -0.39 is 0 Å². The highest BCUT2D eigenvalue weighted by molar-refractivity contribution is 6.00. The van der Waals surface area contributed by atoms with Crippen LogP contribution in [0, 0.1) is 17.3 Å². The van der Waals surface area contributed by atoms with Crippen molar-refractivity contribution < 1.29 is 5.21 Å². The van der Waals surface area contributed by atoms with E-state index in [0.29, 0.717) is 22.8 Å². The first-order valence-corrected chi connectivity index (χ1v) is 13.9. The predicted molar refractivity (Wildman–Crippen MR) is 183 cm³/mol. The third-order valence-electron chi connectivity index (χ3n) is 7.31. The number of anilines is 3. The SMILES string of the molecule is N=C(N)c1ccc(C#Cc2c(Nc3ccc4cnc(N)c(/C=C/c5ccc(/C(N)=N\O)cc5)c4c3)ncc3ccccc23)cc1. The Morgan fingerprint density at radius 1 is 0.800 bits per heavy atom. The molecule has 0 saturated carbocycles. The molecule has 0 aliphatic heterocycles. The summed E-state index contributed by atoms with van der Waals surface area (Å²) in [5, 5.41) is 26.8. The molecule has 9 N–H and O–H groups in total. The van der Waals surface area contributed by atoms with E-state index in [1.165, 1.54) is 0 Å². The Morgan fingerprint density at radius 3 is 2.27 bits per heavy atom. The van der Waals surface area contributed by atoms with Crippen molar-refractivity contribution in [3.05, 3.63) is 137 Å². The number of hydrogen-bond donors (Lipinski definition) is 6. The Hall–Kier alpha value is -6.66. The lowest BCUT2D eigenvalue weighted by molar-refractivity contribution is 0.318. The summed E-state index contributed by atoms with van der Waals surface area (Å²) in [4.78, 5) is 9.13. The standard InChI is InChI=1S/C36H28N8O/c37-33(38)24-11-5-22(6-12-24)10-18-31-29-4-2-1-3-26(29)21-42-36(31)43-28-16-15-27-20-41-35(40)30(32(27)19-28)17-9-23-7-13-25(14-8-23)34(39)44-45/h1-9,11-17,19-21,45H,(H3,37,38)(H2,39,44)(H2,40,41)(H,42,43)/b17-9+. The van der Waals surface area contributed by atoms with Gasteiger partial charge >= 0.3 is 0 Å². The molecular formula is C36H28N8O. The summed E-state index contributed by atoms with van der Waals surface area (Å²) in [6, 6.07) is 28.5. The highest BCUT2D eigenvalue weighted by Crippen LogP contribution is 2.31. The van der Waals surface area contributed by atoms with Crippen LogP contribution in [0.5, 0.6) is 0 Å². The van der Waals surface area contributed by atoms with Gasteiger partial charge in [0.15, 0.2) is 5.84 Å². The van der Waals surface area contributed by atoms with Crippen molar-refractivity contribution in [1.29, 1.82) is 5.41 Å². The molecule has 0 fully saturated rings. The quantitative estimate of drug-likeness (QED) is 0.0451. The minimum Gasteiger partial charge on any atom is -0.409 e. The molecule has 0 atom stereocenters. The molecule has 9 nitrogen and oxygen atoms in total. The minimum atomic E-state index is 0.0137. The van der Waals surface area contributed by atoms with Crippen molar-refractivity contribution in [2.24, 2.45) is 16.6 Å². The van der Waals surface area contributed by atoms with Gasteiger partial charge in [0.2, 0.25) is 0 Å². The normalized spacial score (nSPS) is 11.4. The van der Waals surface area contributed by atoms with Crippen LogP contribution in [0.2, 0.25) is 0 Å². The van der Waals surface area contributed by atoms with E-state index in [9.17, 15) is 0 Å². The predicted octanol–water partition coefficient (Wildman–Crippen LogP) is 6.06. The zero-order valence-corrected chi connectivity index (χ0v) is 24.0. The van der Waals surface area contributed by atoms with Gasteiger partial charge in [-0.1, -0.05) is 95.9 Å². The first kappa shape index (κ1) is 28.5. The van der Waals surface area contributed by atoms with Crippen LogP contribution in [0.4, 0.5) is 17.3 Å². The molecule has 2 heterocycles. The Balaban J connectivity index is 1.37. The largest absolute Gasteiger partial charge is 0.409 e. The fourth-order valence-corrected chi connectivity index (χ4v) is 4.89. The summed E-state index contributed by atoms with van der Waals surface area (Å²) in [5.41, 5.74) is 22.9.